The third-order valence-corrected chi connectivity index (χ3v) is 4.96. The fourth-order valence-electron chi connectivity index (χ4n) is 3.43. The molecule has 1 unspecified atom stereocenters. The number of hydrogen-bond donors (Lipinski definition) is 1. The van der Waals surface area contributed by atoms with Gasteiger partial charge in [-0.2, -0.15) is 13.2 Å². The van der Waals surface area contributed by atoms with Gasteiger partial charge in [-0.3, -0.25) is 14.4 Å². The molecule has 2 heterocycles. The molecule has 9 heteroatoms. The molecule has 1 fully saturated rings. The number of halogens is 3. The largest absolute Gasteiger partial charge is 0.417 e. The maximum atomic E-state index is 12.9. The van der Waals surface area contributed by atoms with Crippen LogP contribution in [0.25, 0.3) is 0 Å². The molecule has 1 aromatic carbocycles. The quantitative estimate of drug-likeness (QED) is 0.778. The highest BCUT2D eigenvalue weighted by Gasteiger charge is 2.32. The lowest BCUT2D eigenvalue weighted by Crippen LogP contribution is -2.50. The number of benzene rings is 1. The molecule has 0 radical (unpaired) electrons. The van der Waals surface area contributed by atoms with Crippen molar-refractivity contribution in [1.82, 2.24) is 14.8 Å². The molecule has 1 atom stereocenters. The van der Waals surface area contributed by atoms with Crippen molar-refractivity contribution in [1.29, 1.82) is 0 Å². The molecule has 1 N–H and O–H groups in total. The van der Waals surface area contributed by atoms with E-state index in [1.54, 1.807) is 4.90 Å². The number of rotatable bonds is 6. The summed E-state index contributed by atoms with van der Waals surface area (Å²) in [5, 5.41) is 2.60. The lowest BCUT2D eigenvalue weighted by atomic mass is 10.0. The second-order valence-electron chi connectivity index (χ2n) is 7.22. The summed E-state index contributed by atoms with van der Waals surface area (Å²) in [6, 6.07) is 9.70. The topological polar surface area (TPSA) is 71.4 Å². The van der Waals surface area contributed by atoms with Crippen LogP contribution in [0.2, 0.25) is 0 Å². The van der Waals surface area contributed by atoms with Gasteiger partial charge in [0.1, 0.15) is 12.6 Å². The first kappa shape index (κ1) is 21.6. The number of hydrogen-bond acceptors (Lipinski definition) is 3. The normalized spacial score (nSPS) is 15.1. The Morgan fingerprint density at radius 1 is 1.03 bits per heavy atom. The molecular formula is C21H22F3N3O3. The van der Waals surface area contributed by atoms with Crippen molar-refractivity contribution in [2.75, 3.05) is 13.1 Å². The van der Waals surface area contributed by atoms with Crippen molar-refractivity contribution in [3.05, 3.63) is 70.1 Å². The smallest absolute Gasteiger partial charge is 0.342 e. The van der Waals surface area contributed by atoms with Gasteiger partial charge in [0.05, 0.1) is 5.56 Å². The fourth-order valence-corrected chi connectivity index (χ4v) is 3.43. The summed E-state index contributed by atoms with van der Waals surface area (Å²) in [7, 11) is 0. The average Bonchev–Trinajstić information content (AvgIpc) is 3.23. The lowest BCUT2D eigenvalue weighted by Gasteiger charge is -2.24. The second kappa shape index (κ2) is 9.15. The van der Waals surface area contributed by atoms with Crippen LogP contribution in [0.3, 0.4) is 0 Å². The second-order valence-corrected chi connectivity index (χ2v) is 7.22. The lowest BCUT2D eigenvalue weighted by molar-refractivity contribution is -0.138. The van der Waals surface area contributed by atoms with Crippen LogP contribution in [-0.2, 0) is 28.7 Å². The Labute approximate surface area is 171 Å². The van der Waals surface area contributed by atoms with Crippen molar-refractivity contribution in [2.24, 2.45) is 0 Å². The zero-order valence-corrected chi connectivity index (χ0v) is 16.2. The van der Waals surface area contributed by atoms with E-state index in [0.717, 1.165) is 24.5 Å². The van der Waals surface area contributed by atoms with Crippen LogP contribution in [0.15, 0.2) is 53.5 Å². The van der Waals surface area contributed by atoms with Crippen molar-refractivity contribution in [3.63, 3.8) is 0 Å². The van der Waals surface area contributed by atoms with E-state index < -0.39 is 35.8 Å². The van der Waals surface area contributed by atoms with Crippen molar-refractivity contribution in [3.8, 4) is 0 Å². The maximum Gasteiger partial charge on any atom is 0.417 e. The highest BCUT2D eigenvalue weighted by molar-refractivity contribution is 5.88. The minimum Gasteiger partial charge on any atom is -0.342 e. The standard InChI is InChI=1S/C21H22F3N3O3/c22-21(23,24)16-8-9-19(29)27(13-16)14-18(28)25-17(12-15-6-2-1-3-7-15)20(30)26-10-4-5-11-26/h1-3,6-9,13,17H,4-5,10-12,14H2,(H,25,28). The maximum absolute atomic E-state index is 12.9. The Morgan fingerprint density at radius 2 is 1.70 bits per heavy atom. The van der Waals surface area contributed by atoms with Gasteiger partial charge in [-0.05, 0) is 24.5 Å². The molecule has 0 bridgehead atoms. The molecule has 1 aliphatic rings. The van der Waals surface area contributed by atoms with E-state index in [9.17, 15) is 27.6 Å². The Balaban J connectivity index is 1.76. The van der Waals surface area contributed by atoms with Gasteiger partial charge < -0.3 is 14.8 Å². The summed E-state index contributed by atoms with van der Waals surface area (Å²) in [6.07, 6.45) is -2.00. The summed E-state index contributed by atoms with van der Waals surface area (Å²) in [5.41, 5.74) is -0.918. The summed E-state index contributed by atoms with van der Waals surface area (Å²) in [4.78, 5) is 39.0. The monoisotopic (exact) mass is 421 g/mol. The van der Waals surface area contributed by atoms with E-state index in [-0.39, 0.29) is 12.3 Å². The van der Waals surface area contributed by atoms with Crippen LogP contribution in [0.5, 0.6) is 0 Å². The zero-order chi connectivity index (χ0) is 21.7. The highest BCUT2D eigenvalue weighted by Crippen LogP contribution is 2.28. The van der Waals surface area contributed by atoms with Crippen molar-refractivity contribution in [2.45, 2.75) is 38.0 Å². The Hall–Kier alpha value is -3.10. The number of nitrogens with zero attached hydrogens (tertiary/aromatic N) is 2. The molecule has 0 saturated carbocycles. The predicted molar refractivity (Wildman–Crippen MR) is 104 cm³/mol. The van der Waals surface area contributed by atoms with Crippen LogP contribution < -0.4 is 10.9 Å². The summed E-state index contributed by atoms with van der Waals surface area (Å²) < 4.78 is 39.4. The third kappa shape index (κ3) is 5.49. The molecule has 3 rings (SSSR count). The molecule has 2 aromatic rings. The van der Waals surface area contributed by atoms with E-state index in [1.807, 2.05) is 30.3 Å². The molecule has 6 nitrogen and oxygen atoms in total. The van der Waals surface area contributed by atoms with E-state index in [1.165, 1.54) is 0 Å². The SMILES string of the molecule is O=C(Cn1cc(C(F)(F)F)ccc1=O)NC(Cc1ccccc1)C(=O)N1CCCC1. The number of aromatic nitrogens is 1. The molecule has 1 aromatic heterocycles. The van der Waals surface area contributed by atoms with E-state index in [4.69, 9.17) is 0 Å². The highest BCUT2D eigenvalue weighted by atomic mass is 19.4. The van der Waals surface area contributed by atoms with Crippen LogP contribution >= 0.6 is 0 Å². The summed E-state index contributed by atoms with van der Waals surface area (Å²) in [6.45, 7) is 0.599. The van der Waals surface area contributed by atoms with Crippen molar-refractivity contribution < 1.29 is 22.8 Å². The summed E-state index contributed by atoms with van der Waals surface area (Å²) in [5.74, 6) is -0.939. The predicted octanol–water partition coefficient (Wildman–Crippen LogP) is 2.22. The van der Waals surface area contributed by atoms with E-state index in [2.05, 4.69) is 5.32 Å². The summed E-state index contributed by atoms with van der Waals surface area (Å²) >= 11 is 0. The molecular weight excluding hydrogens is 399 g/mol. The number of carbonyl (C=O) groups excluding carboxylic acids is 2. The number of nitrogens with one attached hydrogen (secondary N) is 1. The van der Waals surface area contributed by atoms with Crippen LogP contribution in [0.4, 0.5) is 13.2 Å². The molecule has 0 aliphatic carbocycles. The Bertz CT molecular complexity index is 951. The van der Waals surface area contributed by atoms with E-state index in [0.29, 0.717) is 29.9 Å². The number of likely N-dealkylation sites (tertiary alicyclic amines) is 1. The van der Waals surface area contributed by atoms with Gasteiger partial charge in [0.25, 0.3) is 5.56 Å². The molecule has 0 spiro atoms. The van der Waals surface area contributed by atoms with Gasteiger partial charge in [-0.15, -0.1) is 0 Å². The first-order chi connectivity index (χ1) is 14.2. The first-order valence-corrected chi connectivity index (χ1v) is 9.64. The third-order valence-electron chi connectivity index (χ3n) is 4.96. The number of amides is 2. The minimum absolute atomic E-state index is 0.235. The van der Waals surface area contributed by atoms with Crippen molar-refractivity contribution >= 4 is 11.8 Å². The van der Waals surface area contributed by atoms with Crippen LogP contribution in [-0.4, -0.2) is 40.4 Å². The Kier molecular flexibility index (Phi) is 6.59. The molecule has 160 valence electrons. The van der Waals surface area contributed by atoms with Gasteiger partial charge >= 0.3 is 6.18 Å². The molecule has 30 heavy (non-hydrogen) atoms. The number of alkyl halides is 3. The van der Waals surface area contributed by atoms with Crippen LogP contribution in [0.1, 0.15) is 24.0 Å². The number of carbonyl (C=O) groups is 2. The van der Waals surface area contributed by atoms with Gasteiger partial charge in [0.15, 0.2) is 0 Å². The van der Waals surface area contributed by atoms with Gasteiger partial charge in [-0.1, -0.05) is 30.3 Å². The molecule has 1 saturated heterocycles. The van der Waals surface area contributed by atoms with Gasteiger partial charge in [-0.25, -0.2) is 0 Å². The van der Waals surface area contributed by atoms with E-state index >= 15 is 0 Å². The average molecular weight is 421 g/mol. The van der Waals surface area contributed by atoms with Gasteiger partial charge in [0, 0.05) is 31.8 Å². The minimum atomic E-state index is -4.63. The molecule has 1 aliphatic heterocycles. The fraction of sp³-hybridized carbons (Fsp3) is 0.381. The van der Waals surface area contributed by atoms with Gasteiger partial charge in [0.2, 0.25) is 11.8 Å². The zero-order valence-electron chi connectivity index (χ0n) is 16.2. The number of pyridine rings is 1. The van der Waals surface area contributed by atoms with Crippen LogP contribution in [0, 0.1) is 0 Å². The molecule has 2 amide bonds. The first-order valence-electron chi connectivity index (χ1n) is 9.64. The Morgan fingerprint density at radius 3 is 2.33 bits per heavy atom.